The van der Waals surface area contributed by atoms with Crippen LogP contribution in [0.15, 0.2) is 0 Å². The zero-order chi connectivity index (χ0) is 22.6. The summed E-state index contributed by atoms with van der Waals surface area (Å²) < 4.78 is 0. The van der Waals surface area contributed by atoms with E-state index in [0.717, 1.165) is 19.3 Å². The van der Waals surface area contributed by atoms with Crippen LogP contribution in [0.4, 0.5) is 0 Å². The number of aliphatic carboxylic acids is 1. The highest BCUT2D eigenvalue weighted by molar-refractivity contribution is 5.66. The number of aliphatic hydroxyl groups is 2. The van der Waals surface area contributed by atoms with Gasteiger partial charge in [-0.3, -0.25) is 4.79 Å². The van der Waals surface area contributed by atoms with E-state index in [1.807, 2.05) is 27.7 Å². The fraction of sp³-hybridized carbons (Fsp3) is 0.955. The van der Waals surface area contributed by atoms with Gasteiger partial charge in [0.2, 0.25) is 0 Å². The van der Waals surface area contributed by atoms with Crippen LogP contribution in [-0.4, -0.2) is 44.7 Å². The monoisotopic (exact) mass is 406 g/mol. The second-order valence-corrected chi connectivity index (χ2v) is 10.3. The summed E-state index contributed by atoms with van der Waals surface area (Å²) in [5, 5.41) is 26.9. The van der Waals surface area contributed by atoms with Gasteiger partial charge < -0.3 is 15.3 Å². The Balaban J connectivity index is 0. The van der Waals surface area contributed by atoms with Crippen LogP contribution in [0.25, 0.3) is 0 Å². The SMILES string of the molecule is CC(C)(C)CCCCCC(=O)O.CC(O)CC(C)(C)OOC(C)(C)CC(C)O. The Kier molecular flexibility index (Phi) is 14.2. The maximum absolute atomic E-state index is 10.2. The zero-order valence-corrected chi connectivity index (χ0v) is 19.7. The van der Waals surface area contributed by atoms with E-state index in [4.69, 9.17) is 14.9 Å². The molecule has 0 aliphatic carbocycles. The molecule has 0 aliphatic rings. The number of rotatable bonds is 12. The minimum atomic E-state index is -0.675. The van der Waals surface area contributed by atoms with Gasteiger partial charge >= 0.3 is 5.97 Å². The molecule has 3 N–H and O–H groups in total. The van der Waals surface area contributed by atoms with Crippen molar-refractivity contribution in [1.82, 2.24) is 0 Å². The number of unbranched alkanes of at least 4 members (excludes halogenated alkanes) is 2. The molecule has 6 heteroatoms. The van der Waals surface area contributed by atoms with E-state index in [9.17, 15) is 15.0 Å². The van der Waals surface area contributed by atoms with Crippen molar-refractivity contribution < 1.29 is 29.9 Å². The first-order valence-corrected chi connectivity index (χ1v) is 10.4. The molecule has 28 heavy (non-hydrogen) atoms. The highest BCUT2D eigenvalue weighted by atomic mass is 17.2. The molecule has 0 fully saturated rings. The van der Waals surface area contributed by atoms with Crippen LogP contribution in [-0.2, 0) is 14.6 Å². The Hall–Kier alpha value is -0.690. The molecule has 0 saturated carbocycles. The van der Waals surface area contributed by atoms with Crippen LogP contribution >= 0.6 is 0 Å². The summed E-state index contributed by atoms with van der Waals surface area (Å²) in [6, 6.07) is 0. The van der Waals surface area contributed by atoms with E-state index in [0.29, 0.717) is 24.7 Å². The second-order valence-electron chi connectivity index (χ2n) is 10.3. The summed E-state index contributed by atoms with van der Waals surface area (Å²) in [5.74, 6) is -0.675. The Morgan fingerprint density at radius 1 is 0.786 bits per heavy atom. The number of aliphatic hydroxyl groups excluding tert-OH is 2. The van der Waals surface area contributed by atoms with Gasteiger partial charge in [0.1, 0.15) is 11.2 Å². The third-order valence-electron chi connectivity index (χ3n) is 3.88. The lowest BCUT2D eigenvalue weighted by Crippen LogP contribution is -2.36. The predicted octanol–water partition coefficient (Wildman–Crippen LogP) is 5.10. The first kappa shape index (κ1) is 29.5. The summed E-state index contributed by atoms with van der Waals surface area (Å²) in [5.41, 5.74) is -0.683. The lowest BCUT2D eigenvalue weighted by Gasteiger charge is -2.31. The van der Waals surface area contributed by atoms with Crippen LogP contribution in [0.3, 0.4) is 0 Å². The van der Waals surface area contributed by atoms with E-state index in [1.165, 1.54) is 6.42 Å². The van der Waals surface area contributed by atoms with Gasteiger partial charge in [0.15, 0.2) is 0 Å². The molecular weight excluding hydrogens is 360 g/mol. The van der Waals surface area contributed by atoms with Crippen molar-refractivity contribution in [2.24, 2.45) is 5.41 Å². The second kappa shape index (κ2) is 13.5. The first-order valence-electron chi connectivity index (χ1n) is 10.4. The fourth-order valence-electron chi connectivity index (χ4n) is 2.82. The smallest absolute Gasteiger partial charge is 0.303 e. The van der Waals surface area contributed by atoms with E-state index < -0.39 is 29.4 Å². The van der Waals surface area contributed by atoms with Gasteiger partial charge in [-0.15, -0.1) is 0 Å². The molecule has 0 aliphatic heterocycles. The van der Waals surface area contributed by atoms with Crippen LogP contribution in [0.2, 0.25) is 0 Å². The van der Waals surface area contributed by atoms with Crippen molar-refractivity contribution in [3.8, 4) is 0 Å². The highest BCUT2D eigenvalue weighted by Gasteiger charge is 2.28. The largest absolute Gasteiger partial charge is 0.481 e. The minimum absolute atomic E-state index is 0.324. The maximum Gasteiger partial charge on any atom is 0.303 e. The Morgan fingerprint density at radius 3 is 1.46 bits per heavy atom. The van der Waals surface area contributed by atoms with Gasteiger partial charge in [0.05, 0.1) is 12.2 Å². The summed E-state index contributed by atoms with van der Waals surface area (Å²) >= 11 is 0. The van der Waals surface area contributed by atoms with Gasteiger partial charge in [-0.25, -0.2) is 9.78 Å². The third kappa shape index (κ3) is 23.3. The maximum atomic E-state index is 10.2. The standard InChI is InChI=1S/C12H26O4.C10H20O2/c1-9(13)7-11(3,4)15-16-12(5,6)8-10(2)14;1-10(2,3)8-6-4-5-7-9(11)12/h9-10,13-14H,7-8H2,1-6H3;4-8H2,1-3H3,(H,11,12). The topological polar surface area (TPSA) is 96.2 Å². The molecule has 0 radical (unpaired) electrons. The Morgan fingerprint density at radius 2 is 1.18 bits per heavy atom. The van der Waals surface area contributed by atoms with E-state index in [2.05, 4.69) is 20.8 Å². The molecule has 2 unspecified atom stereocenters. The van der Waals surface area contributed by atoms with Crippen molar-refractivity contribution in [2.45, 2.75) is 131 Å². The predicted molar refractivity (Wildman–Crippen MR) is 113 cm³/mol. The summed E-state index contributed by atoms with van der Waals surface area (Å²) in [7, 11) is 0. The molecule has 0 rings (SSSR count). The first-order chi connectivity index (χ1) is 12.5. The van der Waals surface area contributed by atoms with Crippen LogP contribution in [0.5, 0.6) is 0 Å². The van der Waals surface area contributed by atoms with Crippen molar-refractivity contribution in [1.29, 1.82) is 0 Å². The zero-order valence-electron chi connectivity index (χ0n) is 19.7. The van der Waals surface area contributed by atoms with E-state index in [1.54, 1.807) is 13.8 Å². The van der Waals surface area contributed by atoms with E-state index >= 15 is 0 Å². The molecule has 170 valence electrons. The molecule has 0 aromatic carbocycles. The lowest BCUT2D eigenvalue weighted by molar-refractivity contribution is -0.406. The van der Waals surface area contributed by atoms with Crippen LogP contribution in [0, 0.1) is 5.41 Å². The molecule has 0 heterocycles. The molecule has 0 bridgehead atoms. The summed E-state index contributed by atoms with van der Waals surface area (Å²) in [6.45, 7) is 17.5. The molecule has 0 spiro atoms. The lowest BCUT2D eigenvalue weighted by atomic mass is 9.89. The van der Waals surface area contributed by atoms with Crippen LogP contribution in [0.1, 0.15) is 107 Å². The van der Waals surface area contributed by atoms with Gasteiger partial charge in [-0.05, 0) is 59.8 Å². The molecule has 6 nitrogen and oxygen atoms in total. The average molecular weight is 407 g/mol. The van der Waals surface area contributed by atoms with Crippen molar-refractivity contribution in [3.63, 3.8) is 0 Å². The summed E-state index contributed by atoms with van der Waals surface area (Å²) in [6.07, 6.45) is 4.66. The van der Waals surface area contributed by atoms with Gasteiger partial charge in [-0.1, -0.05) is 33.6 Å². The Labute approximate surface area is 172 Å². The number of carboxylic acid groups (broad SMARTS) is 1. The normalized spacial score (nSPS) is 14.8. The quantitative estimate of drug-likeness (QED) is 0.237. The molecule has 0 amide bonds. The van der Waals surface area contributed by atoms with E-state index in [-0.39, 0.29) is 0 Å². The number of hydrogen-bond donors (Lipinski definition) is 3. The van der Waals surface area contributed by atoms with Crippen molar-refractivity contribution >= 4 is 5.97 Å². The summed E-state index contributed by atoms with van der Waals surface area (Å²) in [4.78, 5) is 20.8. The number of carboxylic acids is 1. The molecule has 0 aromatic heterocycles. The van der Waals surface area contributed by atoms with Gasteiger partial charge in [0.25, 0.3) is 0 Å². The Bertz CT molecular complexity index is 386. The number of carbonyl (C=O) groups is 1. The number of hydrogen-bond acceptors (Lipinski definition) is 5. The third-order valence-corrected chi connectivity index (χ3v) is 3.88. The molecule has 2 atom stereocenters. The molecule has 0 saturated heterocycles. The minimum Gasteiger partial charge on any atom is -0.481 e. The molecular formula is C22H46O6. The highest BCUT2D eigenvalue weighted by Crippen LogP contribution is 2.24. The van der Waals surface area contributed by atoms with Crippen molar-refractivity contribution in [3.05, 3.63) is 0 Å². The van der Waals surface area contributed by atoms with Gasteiger partial charge in [0, 0.05) is 19.3 Å². The average Bonchev–Trinajstić information content (AvgIpc) is 2.41. The van der Waals surface area contributed by atoms with Crippen LogP contribution < -0.4 is 0 Å². The van der Waals surface area contributed by atoms with Gasteiger partial charge in [-0.2, -0.15) is 0 Å². The fourth-order valence-corrected chi connectivity index (χ4v) is 2.82. The molecule has 0 aromatic rings. The van der Waals surface area contributed by atoms with Crippen molar-refractivity contribution in [2.75, 3.05) is 0 Å².